The van der Waals surface area contributed by atoms with Crippen LogP contribution in [0.2, 0.25) is 0 Å². The van der Waals surface area contributed by atoms with Crippen molar-refractivity contribution < 1.29 is 22.4 Å². The average molecular weight is 391 g/mol. The van der Waals surface area contributed by atoms with Gasteiger partial charge in [-0.15, -0.1) is 0 Å². The molecule has 2 aliphatic rings. The Kier molecular flexibility index (Phi) is 4.88. The lowest BCUT2D eigenvalue weighted by atomic mass is 9.96. The molecule has 0 radical (unpaired) electrons. The number of carbonyl (C=O) groups excluding carboxylic acids is 1. The summed E-state index contributed by atoms with van der Waals surface area (Å²) in [7, 11) is -3.02. The van der Waals surface area contributed by atoms with Gasteiger partial charge < -0.3 is 14.1 Å². The van der Waals surface area contributed by atoms with Crippen LogP contribution in [0.3, 0.4) is 0 Å². The maximum atomic E-state index is 12.6. The van der Waals surface area contributed by atoms with Crippen molar-refractivity contribution >= 4 is 26.7 Å². The minimum atomic E-state index is -3.02. The van der Waals surface area contributed by atoms with Crippen molar-refractivity contribution in [3.8, 4) is 5.75 Å². The largest absolute Gasteiger partial charge is 0.484 e. The third kappa shape index (κ3) is 3.70. The predicted molar refractivity (Wildman–Crippen MR) is 103 cm³/mol. The van der Waals surface area contributed by atoms with Crippen LogP contribution in [-0.4, -0.2) is 49.9 Å². The number of fused-ring (bicyclic) bond motifs is 3. The van der Waals surface area contributed by atoms with Crippen LogP contribution in [0, 0.1) is 0 Å². The van der Waals surface area contributed by atoms with Crippen molar-refractivity contribution in [3.05, 3.63) is 29.5 Å². The van der Waals surface area contributed by atoms with E-state index in [-0.39, 0.29) is 30.1 Å². The molecule has 1 aliphatic heterocycles. The van der Waals surface area contributed by atoms with Gasteiger partial charge in [0.05, 0.1) is 11.5 Å². The molecule has 2 aromatic rings. The normalized spacial score (nSPS) is 21.1. The molecule has 0 unspecified atom stereocenters. The monoisotopic (exact) mass is 391 g/mol. The highest BCUT2D eigenvalue weighted by Gasteiger charge is 2.34. The van der Waals surface area contributed by atoms with Crippen LogP contribution in [0.1, 0.15) is 37.5 Å². The van der Waals surface area contributed by atoms with Crippen molar-refractivity contribution in [2.45, 2.75) is 45.1 Å². The predicted octanol–water partition coefficient (Wildman–Crippen LogP) is 2.73. The fourth-order valence-corrected chi connectivity index (χ4v) is 5.95. The van der Waals surface area contributed by atoms with Crippen molar-refractivity contribution in [2.75, 3.05) is 24.7 Å². The summed E-state index contributed by atoms with van der Waals surface area (Å²) in [6.45, 7) is 2.26. The minimum Gasteiger partial charge on any atom is -0.484 e. The third-order valence-corrected chi connectivity index (χ3v) is 7.35. The molecular weight excluding hydrogens is 366 g/mol. The van der Waals surface area contributed by atoms with E-state index in [9.17, 15) is 13.2 Å². The number of hydrogen-bond acceptors (Lipinski definition) is 5. The van der Waals surface area contributed by atoms with E-state index in [2.05, 4.69) is 0 Å². The molecule has 0 saturated carbocycles. The smallest absolute Gasteiger partial charge is 0.260 e. The summed E-state index contributed by atoms with van der Waals surface area (Å²) < 4.78 is 35.1. The van der Waals surface area contributed by atoms with Crippen molar-refractivity contribution in [3.63, 3.8) is 0 Å². The maximum Gasteiger partial charge on any atom is 0.260 e. The lowest BCUT2D eigenvalue weighted by Crippen LogP contribution is -2.43. The van der Waals surface area contributed by atoms with Gasteiger partial charge in [0.1, 0.15) is 17.1 Å². The molecule has 1 amide bonds. The van der Waals surface area contributed by atoms with E-state index < -0.39 is 9.84 Å². The minimum absolute atomic E-state index is 0.0553. The summed E-state index contributed by atoms with van der Waals surface area (Å²) in [5, 5.41) is 1.07. The van der Waals surface area contributed by atoms with Gasteiger partial charge in [-0.1, -0.05) is 0 Å². The second kappa shape index (κ2) is 7.19. The molecule has 1 aliphatic carbocycles. The Morgan fingerprint density at radius 2 is 2.11 bits per heavy atom. The fourth-order valence-electron chi connectivity index (χ4n) is 4.22. The van der Waals surface area contributed by atoms with E-state index in [1.165, 1.54) is 12.0 Å². The highest BCUT2D eigenvalue weighted by Crippen LogP contribution is 2.34. The zero-order valence-electron chi connectivity index (χ0n) is 15.6. The van der Waals surface area contributed by atoms with Crippen molar-refractivity contribution in [2.24, 2.45) is 0 Å². The van der Waals surface area contributed by atoms with Crippen molar-refractivity contribution in [1.82, 2.24) is 4.90 Å². The van der Waals surface area contributed by atoms with Crippen LogP contribution < -0.4 is 4.74 Å². The Bertz CT molecular complexity index is 962. The van der Waals surface area contributed by atoms with Crippen LogP contribution in [0.4, 0.5) is 0 Å². The SMILES string of the molecule is CCN(C(=O)COc1ccc2oc3c(c2c1)CCCC3)[C@@H]1CCS(=O)(=O)C1. The molecule has 6 nitrogen and oxygen atoms in total. The zero-order chi connectivity index (χ0) is 19.0. The summed E-state index contributed by atoms with van der Waals surface area (Å²) in [6, 6.07) is 5.43. The number of benzene rings is 1. The number of hydrogen-bond donors (Lipinski definition) is 0. The third-order valence-electron chi connectivity index (χ3n) is 5.60. The average Bonchev–Trinajstić information content (AvgIpc) is 3.20. The maximum absolute atomic E-state index is 12.6. The summed E-state index contributed by atoms with van der Waals surface area (Å²) in [5.41, 5.74) is 2.13. The number of amides is 1. The Labute approximate surface area is 159 Å². The number of rotatable bonds is 5. The van der Waals surface area contributed by atoms with E-state index in [0.29, 0.717) is 18.7 Å². The van der Waals surface area contributed by atoms with E-state index in [1.54, 1.807) is 4.90 Å². The molecule has 2 heterocycles. The molecule has 27 heavy (non-hydrogen) atoms. The lowest BCUT2D eigenvalue weighted by Gasteiger charge is -2.26. The molecule has 7 heteroatoms. The molecule has 1 atom stereocenters. The number of sulfone groups is 1. The van der Waals surface area contributed by atoms with Gasteiger partial charge in [-0.05, 0) is 50.8 Å². The molecule has 0 N–H and O–H groups in total. The van der Waals surface area contributed by atoms with Gasteiger partial charge in [0, 0.05) is 30.0 Å². The van der Waals surface area contributed by atoms with E-state index >= 15 is 0 Å². The Balaban J connectivity index is 1.45. The van der Waals surface area contributed by atoms with Gasteiger partial charge in [0.25, 0.3) is 5.91 Å². The quantitative estimate of drug-likeness (QED) is 0.783. The lowest BCUT2D eigenvalue weighted by molar-refractivity contribution is -0.135. The first-order chi connectivity index (χ1) is 13.0. The van der Waals surface area contributed by atoms with Gasteiger partial charge in [-0.3, -0.25) is 4.79 Å². The van der Waals surface area contributed by atoms with Crippen LogP contribution in [0.5, 0.6) is 5.75 Å². The highest BCUT2D eigenvalue weighted by atomic mass is 32.2. The summed E-state index contributed by atoms with van der Waals surface area (Å²) >= 11 is 0. The van der Waals surface area contributed by atoms with Gasteiger partial charge in [0.2, 0.25) is 0 Å². The van der Waals surface area contributed by atoms with E-state index in [1.807, 2.05) is 25.1 Å². The van der Waals surface area contributed by atoms with E-state index in [0.717, 1.165) is 36.0 Å². The highest BCUT2D eigenvalue weighted by molar-refractivity contribution is 7.91. The second-order valence-corrected chi connectivity index (χ2v) is 9.62. The first-order valence-corrected chi connectivity index (χ1v) is 11.5. The molecule has 146 valence electrons. The van der Waals surface area contributed by atoms with Crippen LogP contribution in [-0.2, 0) is 27.5 Å². The van der Waals surface area contributed by atoms with Gasteiger partial charge >= 0.3 is 0 Å². The fraction of sp³-hybridized carbons (Fsp3) is 0.550. The van der Waals surface area contributed by atoms with Gasteiger partial charge in [0.15, 0.2) is 16.4 Å². The standard InChI is InChI=1S/C20H25NO5S/c1-2-21(14-9-10-27(23,24)13-14)20(22)12-25-15-7-8-19-17(11-15)16-5-3-4-6-18(16)26-19/h7-8,11,14H,2-6,9-10,12-13H2,1H3/t14-/m1/s1. The number of ether oxygens (including phenoxy) is 1. The molecule has 1 aromatic carbocycles. The zero-order valence-corrected chi connectivity index (χ0v) is 16.4. The Morgan fingerprint density at radius 1 is 1.30 bits per heavy atom. The number of nitrogens with zero attached hydrogens (tertiary/aromatic N) is 1. The molecule has 1 aromatic heterocycles. The summed E-state index contributed by atoms with van der Waals surface area (Å²) in [6.07, 6.45) is 4.84. The summed E-state index contributed by atoms with van der Waals surface area (Å²) in [5.74, 6) is 1.75. The number of aryl methyl sites for hydroxylation is 2. The summed E-state index contributed by atoms with van der Waals surface area (Å²) in [4.78, 5) is 14.2. The molecule has 0 bridgehead atoms. The number of carbonyl (C=O) groups is 1. The Hall–Kier alpha value is -2.02. The first kappa shape index (κ1) is 18.3. The van der Waals surface area contributed by atoms with Gasteiger partial charge in [-0.2, -0.15) is 0 Å². The molecular formula is C20H25NO5S. The number of likely N-dealkylation sites (N-methyl/N-ethyl adjacent to an activating group) is 1. The molecule has 1 saturated heterocycles. The first-order valence-electron chi connectivity index (χ1n) is 9.64. The van der Waals surface area contributed by atoms with Gasteiger partial charge in [-0.25, -0.2) is 8.42 Å². The van der Waals surface area contributed by atoms with Crippen LogP contribution in [0.15, 0.2) is 22.6 Å². The topological polar surface area (TPSA) is 76.8 Å². The van der Waals surface area contributed by atoms with Crippen LogP contribution in [0.25, 0.3) is 11.0 Å². The molecule has 0 spiro atoms. The number of furan rings is 1. The van der Waals surface area contributed by atoms with Crippen LogP contribution >= 0.6 is 0 Å². The molecule has 1 fully saturated rings. The van der Waals surface area contributed by atoms with E-state index in [4.69, 9.17) is 9.15 Å². The molecule has 4 rings (SSSR count). The second-order valence-electron chi connectivity index (χ2n) is 7.39. The van der Waals surface area contributed by atoms with Crippen molar-refractivity contribution in [1.29, 1.82) is 0 Å². The Morgan fingerprint density at radius 3 is 2.85 bits per heavy atom.